The average molecular weight is 285 g/mol. The van der Waals surface area contributed by atoms with Crippen LogP contribution in [0.2, 0.25) is 0 Å². The molecule has 2 nitrogen and oxygen atoms in total. The van der Waals surface area contributed by atoms with E-state index >= 15 is 0 Å². The smallest absolute Gasteiger partial charge is 0.0611 e. The summed E-state index contributed by atoms with van der Waals surface area (Å²) in [6.07, 6.45) is 1.20. The van der Waals surface area contributed by atoms with Gasteiger partial charge in [-0.1, -0.05) is 36.2 Å². The summed E-state index contributed by atoms with van der Waals surface area (Å²) in [7, 11) is 0. The monoisotopic (exact) mass is 284 g/mol. The molecule has 0 fully saturated rings. The summed E-state index contributed by atoms with van der Waals surface area (Å²) in [4.78, 5) is 2.34. The van der Waals surface area contributed by atoms with E-state index in [1.807, 2.05) is 12.1 Å². The Hall–Kier alpha value is -0.700. The number of rotatable bonds is 5. The Labute approximate surface area is 107 Å². The molecule has 1 atom stereocenters. The summed E-state index contributed by atoms with van der Waals surface area (Å²) in [5.74, 6) is 0.693. The van der Waals surface area contributed by atoms with Crippen molar-refractivity contribution in [1.29, 1.82) is 0 Å². The Morgan fingerprint density at radius 3 is 2.62 bits per heavy atom. The summed E-state index contributed by atoms with van der Waals surface area (Å²) in [5.41, 5.74) is 8.01. The third-order valence-electron chi connectivity index (χ3n) is 2.94. The highest BCUT2D eigenvalue weighted by Gasteiger charge is 2.11. The number of anilines is 2. The van der Waals surface area contributed by atoms with Crippen molar-refractivity contribution >= 4 is 27.3 Å². The molecular weight excluding hydrogens is 264 g/mol. The van der Waals surface area contributed by atoms with Crippen LogP contribution < -0.4 is 10.6 Å². The second kappa shape index (κ2) is 6.14. The number of nitrogen functional groups attached to an aromatic ring is 1. The topological polar surface area (TPSA) is 29.3 Å². The van der Waals surface area contributed by atoms with E-state index in [1.165, 1.54) is 6.42 Å². The molecule has 16 heavy (non-hydrogen) atoms. The predicted molar refractivity (Wildman–Crippen MR) is 75.9 cm³/mol. The first-order valence-electron chi connectivity index (χ1n) is 5.88. The lowest BCUT2D eigenvalue weighted by atomic mass is 10.1. The fourth-order valence-corrected chi connectivity index (χ4v) is 2.04. The second-order valence-electron chi connectivity index (χ2n) is 4.26. The molecule has 0 aromatic heterocycles. The average Bonchev–Trinajstić information content (AvgIpc) is 2.29. The van der Waals surface area contributed by atoms with Gasteiger partial charge in [0, 0.05) is 17.6 Å². The highest BCUT2D eigenvalue weighted by molar-refractivity contribution is 9.10. The molecule has 3 heteroatoms. The lowest BCUT2D eigenvalue weighted by Crippen LogP contribution is -2.28. The Bertz CT molecular complexity index is 339. The maximum absolute atomic E-state index is 6.02. The lowest BCUT2D eigenvalue weighted by molar-refractivity contribution is 0.548. The van der Waals surface area contributed by atoms with E-state index in [1.54, 1.807) is 0 Å². The van der Waals surface area contributed by atoms with E-state index in [0.29, 0.717) is 5.92 Å². The number of hydrogen-bond acceptors (Lipinski definition) is 2. The molecule has 0 heterocycles. The van der Waals surface area contributed by atoms with Crippen LogP contribution in [0.4, 0.5) is 11.4 Å². The second-order valence-corrected chi connectivity index (χ2v) is 5.17. The van der Waals surface area contributed by atoms with Crippen molar-refractivity contribution in [2.45, 2.75) is 27.2 Å². The molecule has 0 aliphatic carbocycles. The number of hydrogen-bond donors (Lipinski definition) is 1. The molecule has 0 saturated heterocycles. The van der Waals surface area contributed by atoms with Crippen molar-refractivity contribution in [2.75, 3.05) is 23.7 Å². The van der Waals surface area contributed by atoms with E-state index in [0.717, 1.165) is 28.9 Å². The summed E-state index contributed by atoms with van der Waals surface area (Å²) < 4.78 is 1.08. The first-order valence-corrected chi connectivity index (χ1v) is 6.67. The van der Waals surface area contributed by atoms with Gasteiger partial charge in [0.2, 0.25) is 0 Å². The molecule has 1 unspecified atom stereocenters. The molecule has 0 aliphatic heterocycles. The van der Waals surface area contributed by atoms with Crippen molar-refractivity contribution in [3.05, 3.63) is 22.7 Å². The summed E-state index contributed by atoms with van der Waals surface area (Å²) >= 11 is 3.49. The van der Waals surface area contributed by atoms with Gasteiger partial charge >= 0.3 is 0 Å². The highest BCUT2D eigenvalue weighted by atomic mass is 79.9. The normalized spacial score (nSPS) is 12.5. The highest BCUT2D eigenvalue weighted by Crippen LogP contribution is 2.27. The molecule has 0 saturated carbocycles. The number of benzene rings is 1. The molecule has 0 radical (unpaired) electrons. The van der Waals surface area contributed by atoms with Crippen molar-refractivity contribution in [3.8, 4) is 0 Å². The lowest BCUT2D eigenvalue weighted by Gasteiger charge is -2.27. The van der Waals surface area contributed by atoms with Gasteiger partial charge in [-0.05, 0) is 31.0 Å². The number of nitrogens with two attached hydrogens (primary N) is 1. The maximum atomic E-state index is 6.02. The Morgan fingerprint density at radius 1 is 1.38 bits per heavy atom. The van der Waals surface area contributed by atoms with Crippen molar-refractivity contribution in [1.82, 2.24) is 0 Å². The largest absolute Gasteiger partial charge is 0.397 e. The third kappa shape index (κ3) is 3.41. The minimum Gasteiger partial charge on any atom is -0.397 e. The van der Waals surface area contributed by atoms with E-state index < -0.39 is 0 Å². The van der Waals surface area contributed by atoms with Crippen LogP contribution in [0.1, 0.15) is 27.2 Å². The molecule has 1 rings (SSSR count). The van der Waals surface area contributed by atoms with Gasteiger partial charge < -0.3 is 10.6 Å². The first kappa shape index (κ1) is 13.4. The predicted octanol–water partition coefficient (Wildman–Crippen LogP) is 3.90. The van der Waals surface area contributed by atoms with Crippen LogP contribution in [0.3, 0.4) is 0 Å². The third-order valence-corrected chi connectivity index (χ3v) is 3.44. The van der Waals surface area contributed by atoms with E-state index in [9.17, 15) is 0 Å². The molecule has 0 bridgehead atoms. The summed E-state index contributed by atoms with van der Waals surface area (Å²) in [5, 5.41) is 0. The van der Waals surface area contributed by atoms with Crippen LogP contribution >= 0.6 is 15.9 Å². The van der Waals surface area contributed by atoms with Gasteiger partial charge in [0.1, 0.15) is 0 Å². The minimum atomic E-state index is 0.693. The van der Waals surface area contributed by atoms with Crippen LogP contribution in [0, 0.1) is 5.92 Å². The maximum Gasteiger partial charge on any atom is 0.0611 e. The molecule has 0 amide bonds. The van der Waals surface area contributed by atoms with Gasteiger partial charge in [0.15, 0.2) is 0 Å². The van der Waals surface area contributed by atoms with Crippen LogP contribution in [0.25, 0.3) is 0 Å². The molecule has 0 spiro atoms. The van der Waals surface area contributed by atoms with E-state index in [2.05, 4.69) is 47.7 Å². The SMILES string of the molecule is CCC(C)CN(CC)c1cc(Br)ccc1N. The summed E-state index contributed by atoms with van der Waals surface area (Å²) in [6, 6.07) is 6.04. The molecular formula is C13H21BrN2. The van der Waals surface area contributed by atoms with Crippen LogP contribution in [-0.2, 0) is 0 Å². The van der Waals surface area contributed by atoms with Gasteiger partial charge in [0.25, 0.3) is 0 Å². The van der Waals surface area contributed by atoms with Gasteiger partial charge in [-0.3, -0.25) is 0 Å². The zero-order chi connectivity index (χ0) is 12.1. The van der Waals surface area contributed by atoms with Crippen LogP contribution in [0.5, 0.6) is 0 Å². The Morgan fingerprint density at radius 2 is 2.06 bits per heavy atom. The standard InChI is InChI=1S/C13H21BrN2/c1-4-10(3)9-16(5-2)13-8-11(14)6-7-12(13)15/h6-8,10H,4-5,9,15H2,1-3H3. The molecule has 0 aliphatic rings. The molecule has 1 aromatic rings. The van der Waals surface area contributed by atoms with Gasteiger partial charge in [-0.2, -0.15) is 0 Å². The van der Waals surface area contributed by atoms with Gasteiger partial charge in [-0.15, -0.1) is 0 Å². The van der Waals surface area contributed by atoms with Crippen molar-refractivity contribution in [2.24, 2.45) is 5.92 Å². The molecule has 1 aromatic carbocycles. The fourth-order valence-electron chi connectivity index (χ4n) is 1.69. The number of nitrogens with zero attached hydrogens (tertiary/aromatic N) is 1. The quantitative estimate of drug-likeness (QED) is 0.831. The minimum absolute atomic E-state index is 0.693. The van der Waals surface area contributed by atoms with Crippen molar-refractivity contribution < 1.29 is 0 Å². The Kier molecular flexibility index (Phi) is 5.13. The number of halogens is 1. The van der Waals surface area contributed by atoms with Crippen LogP contribution in [-0.4, -0.2) is 13.1 Å². The zero-order valence-electron chi connectivity index (χ0n) is 10.3. The van der Waals surface area contributed by atoms with Crippen LogP contribution in [0.15, 0.2) is 22.7 Å². The zero-order valence-corrected chi connectivity index (χ0v) is 11.9. The molecule has 2 N–H and O–H groups in total. The van der Waals surface area contributed by atoms with E-state index in [-0.39, 0.29) is 0 Å². The fraction of sp³-hybridized carbons (Fsp3) is 0.538. The first-order chi connectivity index (χ1) is 7.58. The Balaban J connectivity index is 2.89. The van der Waals surface area contributed by atoms with Crippen molar-refractivity contribution in [3.63, 3.8) is 0 Å². The molecule has 90 valence electrons. The van der Waals surface area contributed by atoms with Gasteiger partial charge in [-0.25, -0.2) is 0 Å². The summed E-state index contributed by atoms with van der Waals surface area (Å²) in [6.45, 7) is 8.72. The van der Waals surface area contributed by atoms with E-state index in [4.69, 9.17) is 5.73 Å². The van der Waals surface area contributed by atoms with Gasteiger partial charge in [0.05, 0.1) is 11.4 Å².